The van der Waals surface area contributed by atoms with Crippen molar-refractivity contribution in [3.8, 4) is 5.75 Å². The van der Waals surface area contributed by atoms with Gasteiger partial charge in [-0.25, -0.2) is 13.1 Å². The molecule has 1 amide bonds. The first-order valence-electron chi connectivity index (χ1n) is 7.77. The molecule has 0 saturated carbocycles. The first-order valence-corrected chi connectivity index (χ1v) is 9.97. The zero-order valence-electron chi connectivity index (χ0n) is 13.6. The van der Waals surface area contributed by atoms with Gasteiger partial charge in [0.2, 0.25) is 0 Å². The first kappa shape index (κ1) is 17.8. The predicted octanol–water partition coefficient (Wildman–Crippen LogP) is 2.22. The van der Waals surface area contributed by atoms with E-state index in [1.165, 1.54) is 0 Å². The van der Waals surface area contributed by atoms with Gasteiger partial charge in [0, 0.05) is 11.1 Å². The molecule has 1 aromatic carbocycles. The van der Waals surface area contributed by atoms with Crippen LogP contribution in [-0.2, 0) is 14.6 Å². The summed E-state index contributed by atoms with van der Waals surface area (Å²) in [6, 6.07) is 8.15. The Hall–Kier alpha value is -2.06. The van der Waals surface area contributed by atoms with Crippen LogP contribution in [0.1, 0.15) is 18.2 Å². The van der Waals surface area contributed by atoms with Gasteiger partial charge in [0.05, 0.1) is 23.2 Å². The van der Waals surface area contributed by atoms with Crippen molar-refractivity contribution in [2.24, 2.45) is 0 Å². The van der Waals surface area contributed by atoms with Crippen molar-refractivity contribution < 1.29 is 17.9 Å². The van der Waals surface area contributed by atoms with Crippen LogP contribution >= 0.6 is 11.6 Å². The second-order valence-corrected chi connectivity index (χ2v) is 8.63. The first-order chi connectivity index (χ1) is 11.8. The third kappa shape index (κ3) is 4.52. The summed E-state index contributed by atoms with van der Waals surface area (Å²) in [4.78, 5) is 12.1. The largest absolute Gasteiger partial charge is 0.484 e. The van der Waals surface area contributed by atoms with Crippen LogP contribution in [0.15, 0.2) is 30.3 Å². The molecule has 1 aliphatic rings. The molecule has 3 rings (SSSR count). The van der Waals surface area contributed by atoms with Gasteiger partial charge in [0.15, 0.2) is 16.4 Å². The predicted molar refractivity (Wildman–Crippen MR) is 94.8 cm³/mol. The van der Waals surface area contributed by atoms with E-state index < -0.39 is 9.84 Å². The van der Waals surface area contributed by atoms with Crippen LogP contribution < -0.4 is 10.1 Å². The molecule has 1 aliphatic heterocycles. The zero-order chi connectivity index (χ0) is 18.0. The fourth-order valence-corrected chi connectivity index (χ4v) is 4.53. The highest BCUT2D eigenvalue weighted by Gasteiger charge is 2.31. The highest BCUT2D eigenvalue weighted by molar-refractivity contribution is 7.91. The van der Waals surface area contributed by atoms with E-state index in [4.69, 9.17) is 16.3 Å². The number of nitrogens with zero attached hydrogens (tertiary/aromatic N) is 2. The molecule has 1 fully saturated rings. The Bertz CT molecular complexity index is 877. The van der Waals surface area contributed by atoms with Crippen molar-refractivity contribution in [2.45, 2.75) is 19.4 Å². The highest BCUT2D eigenvalue weighted by Crippen LogP contribution is 2.27. The average Bonchev–Trinajstić information content (AvgIpc) is 3.08. The number of halogens is 1. The van der Waals surface area contributed by atoms with Crippen LogP contribution in [0, 0.1) is 6.92 Å². The molecule has 1 N–H and O–H groups in total. The summed E-state index contributed by atoms with van der Waals surface area (Å²) in [5, 5.41) is 7.64. The Kier molecular flexibility index (Phi) is 5.01. The van der Waals surface area contributed by atoms with E-state index in [1.54, 1.807) is 41.9 Å². The zero-order valence-corrected chi connectivity index (χ0v) is 15.2. The van der Waals surface area contributed by atoms with Crippen molar-refractivity contribution in [1.29, 1.82) is 0 Å². The van der Waals surface area contributed by atoms with Crippen LogP contribution in [0.25, 0.3) is 0 Å². The van der Waals surface area contributed by atoms with Crippen LogP contribution in [0.3, 0.4) is 0 Å². The number of carbonyl (C=O) groups is 1. The normalized spacial score (nSPS) is 18.9. The number of nitrogens with one attached hydrogen (secondary N) is 1. The van der Waals surface area contributed by atoms with Gasteiger partial charge in [-0.15, -0.1) is 0 Å². The van der Waals surface area contributed by atoms with E-state index in [1.807, 2.05) is 0 Å². The molecule has 0 aliphatic carbocycles. The lowest BCUT2D eigenvalue weighted by Gasteiger charge is -2.14. The van der Waals surface area contributed by atoms with Gasteiger partial charge in [0.25, 0.3) is 5.91 Å². The van der Waals surface area contributed by atoms with Crippen molar-refractivity contribution in [2.75, 3.05) is 23.4 Å². The molecule has 2 heterocycles. The van der Waals surface area contributed by atoms with E-state index in [2.05, 4.69) is 10.4 Å². The SMILES string of the molecule is Cc1cc(NC(=O)COc2ccc(Cl)cc2)n([C@H]2CCS(=O)(=O)C2)n1. The molecule has 134 valence electrons. The van der Waals surface area contributed by atoms with Gasteiger partial charge in [0.1, 0.15) is 11.6 Å². The van der Waals surface area contributed by atoms with E-state index >= 15 is 0 Å². The number of hydrogen-bond acceptors (Lipinski definition) is 5. The molecule has 1 saturated heterocycles. The molecule has 0 bridgehead atoms. The third-order valence-corrected chi connectivity index (χ3v) is 5.87. The fourth-order valence-electron chi connectivity index (χ4n) is 2.72. The van der Waals surface area contributed by atoms with Crippen molar-refractivity contribution >= 4 is 33.2 Å². The van der Waals surface area contributed by atoms with Gasteiger partial charge in [-0.05, 0) is 37.6 Å². The standard InChI is InChI=1S/C16H18ClN3O4S/c1-11-8-15(20(19-11)13-6-7-25(22,23)10-13)18-16(21)9-24-14-4-2-12(17)3-5-14/h2-5,8,13H,6-7,9-10H2,1H3,(H,18,21)/t13-/m0/s1. The van der Waals surface area contributed by atoms with Gasteiger partial charge in [-0.3, -0.25) is 4.79 Å². The van der Waals surface area contributed by atoms with E-state index in [9.17, 15) is 13.2 Å². The Morgan fingerprint density at radius 1 is 1.40 bits per heavy atom. The number of ether oxygens (including phenoxy) is 1. The lowest BCUT2D eigenvalue weighted by atomic mass is 10.3. The monoisotopic (exact) mass is 383 g/mol. The lowest BCUT2D eigenvalue weighted by molar-refractivity contribution is -0.118. The maximum Gasteiger partial charge on any atom is 0.263 e. The molecule has 9 heteroatoms. The molecular formula is C16H18ClN3O4S. The molecule has 25 heavy (non-hydrogen) atoms. The quantitative estimate of drug-likeness (QED) is 0.854. The van der Waals surface area contributed by atoms with Crippen molar-refractivity contribution in [1.82, 2.24) is 9.78 Å². The Morgan fingerprint density at radius 2 is 2.12 bits per heavy atom. The average molecular weight is 384 g/mol. The van der Waals surface area contributed by atoms with Crippen LogP contribution in [0.2, 0.25) is 5.02 Å². The number of hydrogen-bond donors (Lipinski definition) is 1. The maximum atomic E-state index is 12.1. The minimum atomic E-state index is -3.04. The minimum absolute atomic E-state index is 0.0399. The van der Waals surface area contributed by atoms with Gasteiger partial charge in [-0.1, -0.05) is 11.6 Å². The van der Waals surface area contributed by atoms with Gasteiger partial charge >= 0.3 is 0 Å². The van der Waals surface area contributed by atoms with Crippen molar-refractivity contribution in [3.63, 3.8) is 0 Å². The van der Waals surface area contributed by atoms with Gasteiger partial charge < -0.3 is 10.1 Å². The number of aromatic nitrogens is 2. The molecule has 0 spiro atoms. The molecule has 1 atom stereocenters. The van der Waals surface area contributed by atoms with Crippen molar-refractivity contribution in [3.05, 3.63) is 41.0 Å². The molecular weight excluding hydrogens is 366 g/mol. The second-order valence-electron chi connectivity index (χ2n) is 5.96. The summed E-state index contributed by atoms with van der Waals surface area (Å²) in [5.74, 6) is 0.842. The van der Waals surface area contributed by atoms with E-state index in [0.717, 1.165) is 0 Å². The Balaban J connectivity index is 1.64. The van der Waals surface area contributed by atoms with Crippen LogP contribution in [0.5, 0.6) is 5.75 Å². The highest BCUT2D eigenvalue weighted by atomic mass is 35.5. The minimum Gasteiger partial charge on any atom is -0.484 e. The van der Waals surface area contributed by atoms with E-state index in [0.29, 0.717) is 28.7 Å². The number of benzene rings is 1. The summed E-state index contributed by atoms with van der Waals surface area (Å²) in [6.07, 6.45) is 0.494. The number of sulfone groups is 1. The number of aryl methyl sites for hydroxylation is 1. The lowest BCUT2D eigenvalue weighted by Crippen LogP contribution is -2.23. The van der Waals surface area contributed by atoms with Crippen LogP contribution in [0.4, 0.5) is 5.82 Å². The Morgan fingerprint density at radius 3 is 2.76 bits per heavy atom. The second kappa shape index (κ2) is 7.05. The number of carbonyl (C=O) groups excluding carboxylic acids is 1. The summed E-state index contributed by atoms with van der Waals surface area (Å²) in [7, 11) is -3.04. The third-order valence-electron chi connectivity index (χ3n) is 3.86. The van der Waals surface area contributed by atoms with Crippen LogP contribution in [-0.4, -0.2) is 42.2 Å². The summed E-state index contributed by atoms with van der Waals surface area (Å²) >= 11 is 5.80. The summed E-state index contributed by atoms with van der Waals surface area (Å²) < 4.78 is 30.3. The summed E-state index contributed by atoms with van der Waals surface area (Å²) in [6.45, 7) is 1.62. The maximum absolute atomic E-state index is 12.1. The van der Waals surface area contributed by atoms with Gasteiger partial charge in [-0.2, -0.15) is 5.10 Å². The number of rotatable bonds is 5. The summed E-state index contributed by atoms with van der Waals surface area (Å²) in [5.41, 5.74) is 0.707. The van der Waals surface area contributed by atoms with E-state index in [-0.39, 0.29) is 30.1 Å². The topological polar surface area (TPSA) is 90.3 Å². The Labute approximate surface area is 150 Å². The molecule has 1 aromatic heterocycles. The molecule has 0 radical (unpaired) electrons. The molecule has 2 aromatic rings. The number of amides is 1. The smallest absolute Gasteiger partial charge is 0.263 e. The fraction of sp³-hybridized carbons (Fsp3) is 0.375. The molecule has 0 unspecified atom stereocenters. The number of anilines is 1. The molecule has 7 nitrogen and oxygen atoms in total.